The van der Waals surface area contributed by atoms with Crippen LogP contribution >= 0.6 is 0 Å². The molecule has 0 bridgehead atoms. The van der Waals surface area contributed by atoms with Gasteiger partial charge in [-0.05, 0) is 50.5 Å². The van der Waals surface area contributed by atoms with Gasteiger partial charge in [0.15, 0.2) is 0 Å². The van der Waals surface area contributed by atoms with Crippen LogP contribution in [0.1, 0.15) is 45.6 Å². The number of hydrogen-bond donors (Lipinski definition) is 0. The van der Waals surface area contributed by atoms with Gasteiger partial charge in [-0.1, -0.05) is 19.1 Å². The topological polar surface area (TPSA) is 45.1 Å². The van der Waals surface area contributed by atoms with E-state index in [0.717, 1.165) is 62.5 Å². The van der Waals surface area contributed by atoms with Gasteiger partial charge in [-0.3, -0.25) is 14.7 Å². The van der Waals surface area contributed by atoms with Crippen LogP contribution in [-0.4, -0.2) is 55.5 Å². The number of amides is 1. The molecule has 0 saturated carbocycles. The van der Waals surface area contributed by atoms with E-state index < -0.39 is 0 Å². The number of piperidine rings is 1. The monoisotopic (exact) mass is 369 g/mol. The standard InChI is InChI=1S/C22H31N3O2/c1-4-17(3)23-21-11-8-19(22(26)25(21)5-2)16-18-6-9-20(10-7-18)24-12-14-27-15-13-24/h6-7,9-10,16-17H,4-5,8,11-15H2,1-3H3/b19-16-,23-21?. The minimum atomic E-state index is 0.100. The highest BCUT2D eigenvalue weighted by Gasteiger charge is 2.27. The van der Waals surface area contributed by atoms with Gasteiger partial charge in [0.2, 0.25) is 0 Å². The molecule has 0 N–H and O–H groups in total. The van der Waals surface area contributed by atoms with Crippen molar-refractivity contribution in [2.24, 2.45) is 4.99 Å². The van der Waals surface area contributed by atoms with Crippen molar-refractivity contribution in [1.29, 1.82) is 0 Å². The number of carbonyl (C=O) groups is 1. The van der Waals surface area contributed by atoms with Gasteiger partial charge < -0.3 is 9.64 Å². The maximum absolute atomic E-state index is 12.9. The van der Waals surface area contributed by atoms with Crippen molar-refractivity contribution < 1.29 is 9.53 Å². The molecule has 0 aromatic heterocycles. The van der Waals surface area contributed by atoms with Gasteiger partial charge in [0.1, 0.15) is 5.84 Å². The molecule has 1 aromatic carbocycles. The summed E-state index contributed by atoms with van der Waals surface area (Å²) >= 11 is 0. The first-order chi connectivity index (χ1) is 13.1. The van der Waals surface area contributed by atoms with Crippen molar-refractivity contribution in [3.8, 4) is 0 Å². The molecule has 0 aliphatic carbocycles. The minimum absolute atomic E-state index is 0.100. The lowest BCUT2D eigenvalue weighted by molar-refractivity contribution is -0.124. The van der Waals surface area contributed by atoms with Crippen molar-refractivity contribution in [1.82, 2.24) is 4.90 Å². The second-order valence-electron chi connectivity index (χ2n) is 7.21. The molecule has 5 nitrogen and oxygen atoms in total. The Morgan fingerprint density at radius 3 is 2.48 bits per heavy atom. The zero-order valence-electron chi connectivity index (χ0n) is 16.8. The molecular formula is C22H31N3O2. The number of aliphatic imine (C=N–C) groups is 1. The maximum Gasteiger partial charge on any atom is 0.255 e. The average molecular weight is 370 g/mol. The normalized spacial score (nSPS) is 22.6. The van der Waals surface area contributed by atoms with Crippen molar-refractivity contribution in [2.45, 2.75) is 46.1 Å². The first kappa shape index (κ1) is 19.6. The molecule has 2 saturated heterocycles. The number of morpholine rings is 1. The highest BCUT2D eigenvalue weighted by atomic mass is 16.5. The van der Waals surface area contributed by atoms with E-state index in [9.17, 15) is 4.79 Å². The smallest absolute Gasteiger partial charge is 0.255 e. The highest BCUT2D eigenvalue weighted by Crippen LogP contribution is 2.24. The molecule has 2 aliphatic heterocycles. The Kier molecular flexibility index (Phi) is 6.67. The third-order valence-corrected chi connectivity index (χ3v) is 5.34. The zero-order chi connectivity index (χ0) is 19.2. The Bertz CT molecular complexity index is 703. The molecule has 0 radical (unpaired) electrons. The van der Waals surface area contributed by atoms with E-state index in [1.807, 2.05) is 17.9 Å². The SMILES string of the molecule is CCC(C)N=C1CC/C(=C/c2ccc(N3CCOCC3)cc2)C(=O)N1CC. The van der Waals surface area contributed by atoms with E-state index in [0.29, 0.717) is 6.54 Å². The molecule has 1 atom stereocenters. The summed E-state index contributed by atoms with van der Waals surface area (Å²) in [6.45, 7) is 10.4. The lowest BCUT2D eigenvalue weighted by Crippen LogP contribution is -2.41. The van der Waals surface area contributed by atoms with Crippen LogP contribution in [0.5, 0.6) is 0 Å². The number of likely N-dealkylation sites (tertiary alicyclic amines) is 1. The Morgan fingerprint density at radius 2 is 1.85 bits per heavy atom. The van der Waals surface area contributed by atoms with Gasteiger partial charge in [-0.15, -0.1) is 0 Å². The number of hydrogen-bond acceptors (Lipinski definition) is 4. The summed E-state index contributed by atoms with van der Waals surface area (Å²) in [5.74, 6) is 1.04. The minimum Gasteiger partial charge on any atom is -0.378 e. The van der Waals surface area contributed by atoms with E-state index in [-0.39, 0.29) is 11.9 Å². The van der Waals surface area contributed by atoms with E-state index in [1.165, 1.54) is 5.69 Å². The number of anilines is 1. The van der Waals surface area contributed by atoms with Gasteiger partial charge in [-0.25, -0.2) is 0 Å². The summed E-state index contributed by atoms with van der Waals surface area (Å²) in [6, 6.07) is 8.74. The van der Waals surface area contributed by atoms with E-state index in [1.54, 1.807) is 0 Å². The molecule has 1 unspecified atom stereocenters. The third kappa shape index (κ3) is 4.78. The maximum atomic E-state index is 12.9. The van der Waals surface area contributed by atoms with Crippen LogP contribution in [0.3, 0.4) is 0 Å². The predicted octanol–water partition coefficient (Wildman–Crippen LogP) is 3.75. The molecule has 146 valence electrons. The fraction of sp³-hybridized carbons (Fsp3) is 0.545. The molecule has 2 aliphatic rings. The van der Waals surface area contributed by atoms with Crippen LogP contribution in [-0.2, 0) is 9.53 Å². The lowest BCUT2D eigenvalue weighted by Gasteiger charge is -2.30. The second kappa shape index (κ2) is 9.18. The number of nitrogens with zero attached hydrogens (tertiary/aromatic N) is 3. The summed E-state index contributed by atoms with van der Waals surface area (Å²) in [6.07, 6.45) is 4.62. The van der Waals surface area contributed by atoms with Gasteiger partial charge >= 0.3 is 0 Å². The Hall–Kier alpha value is -2.14. The number of carbonyl (C=O) groups excluding carboxylic acids is 1. The van der Waals surface area contributed by atoms with Gasteiger partial charge in [0, 0.05) is 43.4 Å². The number of benzene rings is 1. The van der Waals surface area contributed by atoms with Crippen LogP contribution in [0, 0.1) is 0 Å². The van der Waals surface area contributed by atoms with Gasteiger partial charge in [0.25, 0.3) is 5.91 Å². The predicted molar refractivity (Wildman–Crippen MR) is 111 cm³/mol. The summed E-state index contributed by atoms with van der Waals surface area (Å²) in [5.41, 5.74) is 3.17. The van der Waals surface area contributed by atoms with Crippen molar-refractivity contribution in [3.63, 3.8) is 0 Å². The van der Waals surface area contributed by atoms with Crippen molar-refractivity contribution in [3.05, 3.63) is 35.4 Å². The third-order valence-electron chi connectivity index (χ3n) is 5.34. The van der Waals surface area contributed by atoms with E-state index >= 15 is 0 Å². The number of ether oxygens (including phenoxy) is 1. The Balaban J connectivity index is 1.73. The van der Waals surface area contributed by atoms with Crippen LogP contribution in [0.15, 0.2) is 34.8 Å². The van der Waals surface area contributed by atoms with Crippen LogP contribution < -0.4 is 4.90 Å². The van der Waals surface area contributed by atoms with Crippen molar-refractivity contribution >= 4 is 23.5 Å². The first-order valence-corrected chi connectivity index (χ1v) is 10.1. The summed E-state index contributed by atoms with van der Waals surface area (Å²) in [7, 11) is 0. The molecule has 2 fully saturated rings. The number of rotatable bonds is 5. The average Bonchev–Trinajstić information content (AvgIpc) is 2.71. The quantitative estimate of drug-likeness (QED) is 0.743. The van der Waals surface area contributed by atoms with E-state index in [2.05, 4.69) is 43.0 Å². The fourth-order valence-corrected chi connectivity index (χ4v) is 3.52. The summed E-state index contributed by atoms with van der Waals surface area (Å²) in [5, 5.41) is 0. The first-order valence-electron chi connectivity index (χ1n) is 10.1. The number of amidine groups is 1. The van der Waals surface area contributed by atoms with Gasteiger partial charge in [-0.2, -0.15) is 0 Å². The fourth-order valence-electron chi connectivity index (χ4n) is 3.52. The Labute approximate surface area is 162 Å². The highest BCUT2D eigenvalue weighted by molar-refractivity contribution is 6.11. The summed E-state index contributed by atoms with van der Waals surface area (Å²) < 4.78 is 5.41. The van der Waals surface area contributed by atoms with Crippen LogP contribution in [0.4, 0.5) is 5.69 Å². The largest absolute Gasteiger partial charge is 0.378 e. The van der Waals surface area contributed by atoms with Crippen molar-refractivity contribution in [2.75, 3.05) is 37.7 Å². The molecule has 5 heteroatoms. The molecule has 1 amide bonds. The van der Waals surface area contributed by atoms with Gasteiger partial charge in [0.05, 0.1) is 13.2 Å². The molecule has 0 spiro atoms. The second-order valence-corrected chi connectivity index (χ2v) is 7.21. The number of likely N-dealkylation sites (N-methyl/N-ethyl adjacent to an activating group) is 1. The van der Waals surface area contributed by atoms with Crippen LogP contribution in [0.2, 0.25) is 0 Å². The molecule has 1 aromatic rings. The van der Waals surface area contributed by atoms with Crippen LogP contribution in [0.25, 0.3) is 6.08 Å². The lowest BCUT2D eigenvalue weighted by atomic mass is 9.99. The van der Waals surface area contributed by atoms with E-state index in [4.69, 9.17) is 9.73 Å². The molecule has 27 heavy (non-hydrogen) atoms. The molecular weight excluding hydrogens is 338 g/mol. The molecule has 3 rings (SSSR count). The zero-order valence-corrected chi connectivity index (χ0v) is 16.8. The summed E-state index contributed by atoms with van der Waals surface area (Å²) in [4.78, 5) is 21.8. The Morgan fingerprint density at radius 1 is 1.15 bits per heavy atom. The molecule has 2 heterocycles.